The summed E-state index contributed by atoms with van der Waals surface area (Å²) in [6.45, 7) is 4.53. The van der Waals surface area contributed by atoms with Gasteiger partial charge in [0.2, 0.25) is 5.91 Å². The number of non-ortho nitro benzene ring substituents is 1. The lowest BCUT2D eigenvalue weighted by Crippen LogP contribution is -2.43. The summed E-state index contributed by atoms with van der Waals surface area (Å²) in [5.41, 5.74) is -0.00190. The number of nitrogens with one attached hydrogen (secondary N) is 2. The number of carbonyl (C=O) groups excluding carboxylic acids is 2. The number of benzene rings is 1. The lowest BCUT2D eigenvalue weighted by Gasteiger charge is -2.22. The van der Waals surface area contributed by atoms with Gasteiger partial charge >= 0.3 is 0 Å². The van der Waals surface area contributed by atoms with E-state index in [2.05, 4.69) is 22.5 Å². The van der Waals surface area contributed by atoms with Crippen LogP contribution in [0.5, 0.6) is 0 Å². The number of likely N-dealkylation sites (tertiary alicyclic amines) is 1. The maximum Gasteiger partial charge on any atom is 0.270 e. The summed E-state index contributed by atoms with van der Waals surface area (Å²) in [6, 6.07) is 5.76. The van der Waals surface area contributed by atoms with Crippen molar-refractivity contribution in [3.8, 4) is 0 Å². The minimum absolute atomic E-state index is 0.152. The monoisotopic (exact) mass is 334 g/mol. The number of hydrogen-bond donors (Lipinski definition) is 2. The van der Waals surface area contributed by atoms with Crippen molar-refractivity contribution in [3.05, 3.63) is 39.9 Å². The quantitative estimate of drug-likeness (QED) is 0.570. The Morgan fingerprint density at radius 3 is 2.88 bits per heavy atom. The third kappa shape index (κ3) is 4.76. The van der Waals surface area contributed by atoms with Gasteiger partial charge in [-0.3, -0.25) is 24.6 Å². The third-order valence-electron chi connectivity index (χ3n) is 4.17. The number of carbonyl (C=O) groups is 2. The van der Waals surface area contributed by atoms with Crippen LogP contribution < -0.4 is 10.6 Å². The zero-order valence-electron chi connectivity index (χ0n) is 13.7. The summed E-state index contributed by atoms with van der Waals surface area (Å²) in [6.07, 6.45) is 2.20. The molecule has 2 N–H and O–H groups in total. The van der Waals surface area contributed by atoms with Crippen LogP contribution in [0.2, 0.25) is 0 Å². The van der Waals surface area contributed by atoms with E-state index in [0.29, 0.717) is 12.6 Å². The minimum Gasteiger partial charge on any atom is -0.353 e. The first-order valence-corrected chi connectivity index (χ1v) is 8.04. The van der Waals surface area contributed by atoms with E-state index in [1.807, 2.05) is 0 Å². The van der Waals surface area contributed by atoms with Crippen molar-refractivity contribution in [1.82, 2.24) is 15.5 Å². The van der Waals surface area contributed by atoms with Crippen molar-refractivity contribution in [3.63, 3.8) is 0 Å². The first-order chi connectivity index (χ1) is 11.5. The maximum atomic E-state index is 12.0. The molecule has 0 spiro atoms. The molecular weight excluding hydrogens is 312 g/mol. The van der Waals surface area contributed by atoms with Crippen molar-refractivity contribution < 1.29 is 14.5 Å². The summed E-state index contributed by atoms with van der Waals surface area (Å²) in [5, 5.41) is 16.0. The van der Waals surface area contributed by atoms with Crippen LogP contribution in [0.25, 0.3) is 0 Å². The van der Waals surface area contributed by atoms with Gasteiger partial charge in [0, 0.05) is 30.3 Å². The van der Waals surface area contributed by atoms with Crippen molar-refractivity contribution in [1.29, 1.82) is 0 Å². The smallest absolute Gasteiger partial charge is 0.270 e. The van der Waals surface area contributed by atoms with Crippen LogP contribution in [-0.2, 0) is 4.79 Å². The molecule has 1 aliphatic rings. The lowest BCUT2D eigenvalue weighted by molar-refractivity contribution is -0.384. The van der Waals surface area contributed by atoms with Gasteiger partial charge in [-0.05, 0) is 32.0 Å². The van der Waals surface area contributed by atoms with Gasteiger partial charge in [-0.2, -0.15) is 0 Å². The molecule has 1 fully saturated rings. The number of rotatable bonds is 7. The Bertz CT molecular complexity index is 620. The SMILES string of the molecule is CCN1CCCC1CNC(=O)CNC(=O)c1cccc([N+](=O)[O-])c1. The molecule has 0 aliphatic carbocycles. The lowest BCUT2D eigenvalue weighted by atomic mass is 10.2. The Morgan fingerprint density at radius 1 is 1.38 bits per heavy atom. The number of nitrogens with zero attached hydrogens (tertiary/aromatic N) is 2. The molecule has 130 valence electrons. The molecule has 0 radical (unpaired) electrons. The second kappa shape index (κ2) is 8.39. The fraction of sp³-hybridized carbons (Fsp3) is 0.500. The number of hydrogen-bond acceptors (Lipinski definition) is 5. The Balaban J connectivity index is 1.78. The van der Waals surface area contributed by atoms with Crippen LogP contribution in [-0.4, -0.2) is 53.9 Å². The van der Waals surface area contributed by atoms with Gasteiger partial charge in [0.1, 0.15) is 0 Å². The highest BCUT2D eigenvalue weighted by Crippen LogP contribution is 2.15. The Hall–Kier alpha value is -2.48. The molecule has 2 amide bonds. The van der Waals surface area contributed by atoms with Gasteiger partial charge in [-0.15, -0.1) is 0 Å². The summed E-state index contributed by atoms with van der Waals surface area (Å²) in [5.74, 6) is -0.776. The van der Waals surface area contributed by atoms with Gasteiger partial charge in [0.05, 0.1) is 11.5 Å². The molecule has 8 heteroatoms. The molecule has 24 heavy (non-hydrogen) atoms. The third-order valence-corrected chi connectivity index (χ3v) is 4.17. The first-order valence-electron chi connectivity index (χ1n) is 8.04. The highest BCUT2D eigenvalue weighted by Gasteiger charge is 2.23. The van der Waals surface area contributed by atoms with Crippen molar-refractivity contribution in [2.75, 3.05) is 26.2 Å². The van der Waals surface area contributed by atoms with E-state index < -0.39 is 10.8 Å². The van der Waals surface area contributed by atoms with Gasteiger partial charge in [0.25, 0.3) is 11.6 Å². The van der Waals surface area contributed by atoms with Crippen LogP contribution >= 0.6 is 0 Å². The topological polar surface area (TPSA) is 105 Å². The first kappa shape index (κ1) is 17.9. The van der Waals surface area contributed by atoms with Gasteiger partial charge < -0.3 is 10.6 Å². The zero-order valence-corrected chi connectivity index (χ0v) is 13.7. The molecule has 0 bridgehead atoms. The Kier molecular flexibility index (Phi) is 6.25. The highest BCUT2D eigenvalue weighted by molar-refractivity contribution is 5.96. The van der Waals surface area contributed by atoms with E-state index in [1.165, 1.54) is 24.3 Å². The zero-order chi connectivity index (χ0) is 17.5. The minimum atomic E-state index is -0.565. The molecule has 1 aromatic carbocycles. The number of nitro benzene ring substituents is 1. The van der Waals surface area contributed by atoms with Crippen molar-refractivity contribution >= 4 is 17.5 Å². The number of nitro groups is 1. The molecule has 1 atom stereocenters. The normalized spacial score (nSPS) is 17.5. The summed E-state index contributed by atoms with van der Waals surface area (Å²) < 4.78 is 0. The molecular formula is C16H22N4O4. The molecule has 0 aromatic heterocycles. The average Bonchev–Trinajstić information content (AvgIpc) is 3.05. The maximum absolute atomic E-state index is 12.0. The van der Waals surface area contributed by atoms with E-state index in [4.69, 9.17) is 0 Å². The average molecular weight is 334 g/mol. The van der Waals surface area contributed by atoms with E-state index >= 15 is 0 Å². The van der Waals surface area contributed by atoms with Crippen LogP contribution in [0, 0.1) is 10.1 Å². The molecule has 1 unspecified atom stereocenters. The Morgan fingerprint density at radius 2 is 2.17 bits per heavy atom. The van der Waals surface area contributed by atoms with Crippen LogP contribution in [0.1, 0.15) is 30.1 Å². The van der Waals surface area contributed by atoms with Gasteiger partial charge in [0.15, 0.2) is 0 Å². The predicted molar refractivity (Wildman–Crippen MR) is 88.7 cm³/mol. The van der Waals surface area contributed by atoms with E-state index in [0.717, 1.165) is 25.9 Å². The van der Waals surface area contributed by atoms with Gasteiger partial charge in [-0.25, -0.2) is 0 Å². The molecule has 1 aliphatic heterocycles. The van der Waals surface area contributed by atoms with Gasteiger partial charge in [-0.1, -0.05) is 13.0 Å². The summed E-state index contributed by atoms with van der Waals surface area (Å²) in [7, 11) is 0. The fourth-order valence-electron chi connectivity index (χ4n) is 2.86. The number of amides is 2. The molecule has 2 rings (SSSR count). The van der Waals surface area contributed by atoms with Crippen LogP contribution in [0.4, 0.5) is 5.69 Å². The van der Waals surface area contributed by atoms with Crippen LogP contribution in [0.15, 0.2) is 24.3 Å². The molecule has 1 saturated heterocycles. The Labute approximate surface area is 140 Å². The second-order valence-electron chi connectivity index (χ2n) is 5.72. The standard InChI is InChI=1S/C16H22N4O4/c1-2-19-8-4-7-14(19)10-17-15(21)11-18-16(22)12-5-3-6-13(9-12)20(23)24/h3,5-6,9,14H,2,4,7-8,10-11H2,1H3,(H,17,21)(H,18,22). The summed E-state index contributed by atoms with van der Waals surface area (Å²) in [4.78, 5) is 36.3. The fourth-order valence-corrected chi connectivity index (χ4v) is 2.86. The number of likely N-dealkylation sites (N-methyl/N-ethyl adjacent to an activating group) is 1. The summed E-state index contributed by atoms with van der Waals surface area (Å²) >= 11 is 0. The van der Waals surface area contributed by atoms with Crippen LogP contribution in [0.3, 0.4) is 0 Å². The van der Waals surface area contributed by atoms with E-state index in [-0.39, 0.29) is 23.7 Å². The second-order valence-corrected chi connectivity index (χ2v) is 5.72. The van der Waals surface area contributed by atoms with Crippen molar-refractivity contribution in [2.45, 2.75) is 25.8 Å². The van der Waals surface area contributed by atoms with E-state index in [1.54, 1.807) is 0 Å². The highest BCUT2D eigenvalue weighted by atomic mass is 16.6. The molecule has 1 heterocycles. The molecule has 8 nitrogen and oxygen atoms in total. The molecule has 0 saturated carbocycles. The van der Waals surface area contributed by atoms with E-state index in [9.17, 15) is 19.7 Å². The predicted octanol–water partition coefficient (Wildman–Crippen LogP) is 0.925. The van der Waals surface area contributed by atoms with Crippen molar-refractivity contribution in [2.24, 2.45) is 0 Å². The molecule has 1 aromatic rings. The largest absolute Gasteiger partial charge is 0.353 e.